The third-order valence-corrected chi connectivity index (χ3v) is 5.10. The average molecular weight is 292 g/mol. The van der Waals surface area contributed by atoms with Crippen LogP contribution in [0.4, 0.5) is 0 Å². The maximum Gasteiger partial charge on any atom is 0.211 e. The molecule has 0 aromatic carbocycles. The lowest BCUT2D eigenvalue weighted by atomic mass is 10.1. The molecule has 2 rings (SSSR count). The Morgan fingerprint density at radius 1 is 1.11 bits per heavy atom. The van der Waals surface area contributed by atoms with E-state index in [1.54, 1.807) is 4.31 Å². The van der Waals surface area contributed by atoms with Crippen LogP contribution < -0.4 is 0 Å². The van der Waals surface area contributed by atoms with Crippen LogP contribution in [0.25, 0.3) is 0 Å². The summed E-state index contributed by atoms with van der Waals surface area (Å²) in [6.45, 7) is 5.96. The van der Waals surface area contributed by atoms with E-state index >= 15 is 0 Å². The molecule has 0 radical (unpaired) electrons. The Hall–Kier alpha value is -0.210. The van der Waals surface area contributed by atoms with Gasteiger partial charge in [0.2, 0.25) is 10.0 Å². The number of hydrogen-bond donors (Lipinski definition) is 0. The molecule has 2 aliphatic rings. The number of nitrogens with zero attached hydrogens (tertiary/aromatic N) is 2. The number of ether oxygens (including phenoxy) is 2. The van der Waals surface area contributed by atoms with E-state index in [0.717, 1.165) is 45.7 Å². The molecule has 19 heavy (non-hydrogen) atoms. The van der Waals surface area contributed by atoms with Crippen LogP contribution in [-0.2, 0) is 19.5 Å². The molecule has 0 aromatic heterocycles. The highest BCUT2D eigenvalue weighted by Gasteiger charge is 2.28. The molecule has 2 heterocycles. The van der Waals surface area contributed by atoms with E-state index in [1.165, 1.54) is 6.26 Å². The Morgan fingerprint density at radius 3 is 2.26 bits per heavy atom. The third kappa shape index (κ3) is 4.68. The number of sulfonamides is 1. The standard InChI is InChI=1S/C12H24N2O4S/c1-19(15,16)14(12-2-8-17-9-3-12)5-4-13-6-10-18-11-7-13/h12H,2-11H2,1H3. The minimum absolute atomic E-state index is 0.102. The van der Waals surface area contributed by atoms with Crippen LogP contribution >= 0.6 is 0 Å². The fourth-order valence-corrected chi connectivity index (χ4v) is 3.82. The van der Waals surface area contributed by atoms with Crippen LogP contribution in [0, 0.1) is 0 Å². The summed E-state index contributed by atoms with van der Waals surface area (Å²) in [5.74, 6) is 0. The molecule has 2 fully saturated rings. The first-order valence-electron chi connectivity index (χ1n) is 6.92. The van der Waals surface area contributed by atoms with Crippen molar-refractivity contribution in [3.63, 3.8) is 0 Å². The van der Waals surface area contributed by atoms with Crippen LogP contribution in [0.3, 0.4) is 0 Å². The highest BCUT2D eigenvalue weighted by Crippen LogP contribution is 2.17. The fraction of sp³-hybridized carbons (Fsp3) is 1.00. The van der Waals surface area contributed by atoms with Gasteiger partial charge < -0.3 is 9.47 Å². The van der Waals surface area contributed by atoms with Crippen LogP contribution in [0.2, 0.25) is 0 Å². The Kier molecular flexibility index (Phi) is 5.58. The summed E-state index contributed by atoms with van der Waals surface area (Å²) in [5.41, 5.74) is 0. The van der Waals surface area contributed by atoms with Gasteiger partial charge in [-0.3, -0.25) is 4.90 Å². The average Bonchev–Trinajstić information content (AvgIpc) is 2.40. The second kappa shape index (κ2) is 6.99. The molecule has 7 heteroatoms. The molecule has 0 spiro atoms. The van der Waals surface area contributed by atoms with Crippen molar-refractivity contribution in [3.8, 4) is 0 Å². The van der Waals surface area contributed by atoms with Crippen LogP contribution in [0.5, 0.6) is 0 Å². The summed E-state index contributed by atoms with van der Waals surface area (Å²) in [5, 5.41) is 0. The van der Waals surface area contributed by atoms with Gasteiger partial charge in [-0.25, -0.2) is 8.42 Å². The van der Waals surface area contributed by atoms with Gasteiger partial charge in [-0.15, -0.1) is 0 Å². The first-order valence-corrected chi connectivity index (χ1v) is 8.77. The van der Waals surface area contributed by atoms with E-state index in [1.807, 2.05) is 0 Å². The van der Waals surface area contributed by atoms with Crippen molar-refractivity contribution in [1.29, 1.82) is 0 Å². The van der Waals surface area contributed by atoms with Gasteiger partial charge in [-0.1, -0.05) is 0 Å². The fourth-order valence-electron chi connectivity index (χ4n) is 2.66. The topological polar surface area (TPSA) is 59.1 Å². The van der Waals surface area contributed by atoms with Crippen molar-refractivity contribution in [2.24, 2.45) is 0 Å². The number of hydrogen-bond acceptors (Lipinski definition) is 5. The summed E-state index contributed by atoms with van der Waals surface area (Å²) in [6, 6.07) is 0.102. The van der Waals surface area contributed by atoms with E-state index in [4.69, 9.17) is 9.47 Å². The molecular weight excluding hydrogens is 268 g/mol. The number of rotatable bonds is 5. The van der Waals surface area contributed by atoms with E-state index in [0.29, 0.717) is 19.8 Å². The van der Waals surface area contributed by atoms with Gasteiger partial charge in [0.05, 0.1) is 19.5 Å². The minimum Gasteiger partial charge on any atom is -0.381 e. The summed E-state index contributed by atoms with van der Waals surface area (Å²) >= 11 is 0. The van der Waals surface area contributed by atoms with E-state index in [-0.39, 0.29) is 6.04 Å². The summed E-state index contributed by atoms with van der Waals surface area (Å²) < 4.78 is 36.2. The lowest BCUT2D eigenvalue weighted by Gasteiger charge is -2.34. The minimum atomic E-state index is -3.15. The quantitative estimate of drug-likeness (QED) is 0.700. The molecule has 0 aromatic rings. The predicted molar refractivity (Wildman–Crippen MR) is 72.6 cm³/mol. The molecule has 0 aliphatic carbocycles. The molecule has 0 N–H and O–H groups in total. The zero-order valence-electron chi connectivity index (χ0n) is 11.6. The second-order valence-electron chi connectivity index (χ2n) is 5.17. The molecule has 0 atom stereocenters. The number of morpholine rings is 1. The predicted octanol–water partition coefficient (Wildman–Crippen LogP) is -0.241. The smallest absolute Gasteiger partial charge is 0.211 e. The zero-order chi connectivity index (χ0) is 13.7. The molecule has 0 unspecified atom stereocenters. The molecule has 6 nitrogen and oxygen atoms in total. The van der Waals surface area contributed by atoms with Crippen LogP contribution in [0.1, 0.15) is 12.8 Å². The maximum atomic E-state index is 11.9. The second-order valence-corrected chi connectivity index (χ2v) is 7.11. The van der Waals surface area contributed by atoms with Crippen molar-refractivity contribution in [3.05, 3.63) is 0 Å². The first-order chi connectivity index (χ1) is 9.07. The summed E-state index contributed by atoms with van der Waals surface area (Å²) in [4.78, 5) is 2.26. The molecule has 0 saturated carbocycles. The van der Waals surface area contributed by atoms with Crippen LogP contribution in [-0.4, -0.2) is 82.5 Å². The van der Waals surface area contributed by atoms with Crippen molar-refractivity contribution in [2.45, 2.75) is 18.9 Å². The molecular formula is C12H24N2O4S. The molecule has 112 valence electrons. The SMILES string of the molecule is CS(=O)(=O)N(CCN1CCOCC1)C1CCOCC1. The molecule has 0 bridgehead atoms. The van der Waals surface area contributed by atoms with Crippen molar-refractivity contribution < 1.29 is 17.9 Å². The van der Waals surface area contributed by atoms with Crippen LogP contribution in [0.15, 0.2) is 0 Å². The van der Waals surface area contributed by atoms with E-state index < -0.39 is 10.0 Å². The van der Waals surface area contributed by atoms with Gasteiger partial charge in [0, 0.05) is 45.4 Å². The zero-order valence-corrected chi connectivity index (χ0v) is 12.4. The Balaban J connectivity index is 1.89. The summed E-state index contributed by atoms with van der Waals surface area (Å²) in [6.07, 6.45) is 2.91. The van der Waals surface area contributed by atoms with Gasteiger partial charge in [0.1, 0.15) is 0 Å². The van der Waals surface area contributed by atoms with E-state index in [9.17, 15) is 8.42 Å². The Bertz CT molecular complexity index is 362. The van der Waals surface area contributed by atoms with Gasteiger partial charge in [-0.2, -0.15) is 4.31 Å². The van der Waals surface area contributed by atoms with Gasteiger partial charge >= 0.3 is 0 Å². The Morgan fingerprint density at radius 2 is 1.68 bits per heavy atom. The lowest BCUT2D eigenvalue weighted by molar-refractivity contribution is 0.0292. The Labute approximate surface area is 115 Å². The molecule has 2 aliphatic heterocycles. The largest absolute Gasteiger partial charge is 0.381 e. The van der Waals surface area contributed by atoms with E-state index in [2.05, 4.69) is 4.90 Å². The normalized spacial score (nSPS) is 23.9. The van der Waals surface area contributed by atoms with Gasteiger partial charge in [0.25, 0.3) is 0 Å². The first kappa shape index (κ1) is 15.2. The van der Waals surface area contributed by atoms with Crippen molar-refractivity contribution >= 4 is 10.0 Å². The monoisotopic (exact) mass is 292 g/mol. The third-order valence-electron chi connectivity index (χ3n) is 3.76. The highest BCUT2D eigenvalue weighted by atomic mass is 32.2. The lowest BCUT2D eigenvalue weighted by Crippen LogP contribution is -2.48. The molecule has 2 saturated heterocycles. The molecule has 0 amide bonds. The van der Waals surface area contributed by atoms with Crippen molar-refractivity contribution in [1.82, 2.24) is 9.21 Å². The van der Waals surface area contributed by atoms with Crippen molar-refractivity contribution in [2.75, 3.05) is 58.9 Å². The summed E-state index contributed by atoms with van der Waals surface area (Å²) in [7, 11) is -3.15. The highest BCUT2D eigenvalue weighted by molar-refractivity contribution is 7.88. The van der Waals surface area contributed by atoms with Gasteiger partial charge in [-0.05, 0) is 12.8 Å². The van der Waals surface area contributed by atoms with Gasteiger partial charge in [0.15, 0.2) is 0 Å². The maximum absolute atomic E-state index is 11.9.